The third kappa shape index (κ3) is 4.34. The Hall–Kier alpha value is -2.45. The number of piperazine rings is 1. The third-order valence-corrected chi connectivity index (χ3v) is 6.64. The van der Waals surface area contributed by atoms with E-state index < -0.39 is 22.4 Å². The average molecular weight is 405 g/mol. The molecule has 1 saturated heterocycles. The molecule has 6 nitrogen and oxygen atoms in total. The van der Waals surface area contributed by atoms with Crippen molar-refractivity contribution in [2.24, 2.45) is 0 Å². The molecule has 0 spiro atoms. The fourth-order valence-corrected chi connectivity index (χ4v) is 4.49. The van der Waals surface area contributed by atoms with Gasteiger partial charge >= 0.3 is 0 Å². The summed E-state index contributed by atoms with van der Waals surface area (Å²) in [6.07, 6.45) is 0. The van der Waals surface area contributed by atoms with Gasteiger partial charge in [0.1, 0.15) is 12.4 Å². The van der Waals surface area contributed by atoms with Gasteiger partial charge in [-0.3, -0.25) is 9.10 Å². The van der Waals surface area contributed by atoms with Crippen LogP contribution in [0.15, 0.2) is 53.4 Å². The standard InChI is InChI=1S/C20H24FN3O3S/c1-16-7-9-17(10-8-16)28(26,27)24(19-6-4-3-5-18(19)21)15-20(25)23-13-11-22(2)12-14-23/h3-10H,11-15H2,1-2H3. The van der Waals surface area contributed by atoms with Gasteiger partial charge in [-0.1, -0.05) is 29.8 Å². The van der Waals surface area contributed by atoms with Gasteiger partial charge in [0, 0.05) is 26.2 Å². The van der Waals surface area contributed by atoms with E-state index in [9.17, 15) is 17.6 Å². The normalized spacial score (nSPS) is 15.5. The maximum absolute atomic E-state index is 14.5. The topological polar surface area (TPSA) is 60.9 Å². The number of anilines is 1. The summed E-state index contributed by atoms with van der Waals surface area (Å²) in [5.41, 5.74) is 0.774. The molecule has 1 heterocycles. The summed E-state index contributed by atoms with van der Waals surface area (Å²) in [4.78, 5) is 16.6. The Balaban J connectivity index is 1.95. The summed E-state index contributed by atoms with van der Waals surface area (Å²) in [6, 6.07) is 11.9. The molecule has 0 saturated carbocycles. The lowest BCUT2D eigenvalue weighted by Crippen LogP contribution is -2.51. The molecule has 0 N–H and O–H groups in total. The maximum atomic E-state index is 14.5. The SMILES string of the molecule is Cc1ccc(S(=O)(=O)N(CC(=O)N2CCN(C)CC2)c2ccccc2F)cc1. The van der Waals surface area contributed by atoms with E-state index in [0.717, 1.165) is 23.0 Å². The number of hydrogen-bond acceptors (Lipinski definition) is 4. The minimum absolute atomic E-state index is 0.0209. The predicted octanol–water partition coefficient (Wildman–Crippen LogP) is 2.10. The van der Waals surface area contributed by atoms with Gasteiger partial charge in [0.25, 0.3) is 10.0 Å². The number of halogens is 1. The minimum Gasteiger partial charge on any atom is -0.339 e. The van der Waals surface area contributed by atoms with Gasteiger partial charge in [-0.2, -0.15) is 0 Å². The molecule has 1 fully saturated rings. The Labute approximate surface area is 165 Å². The van der Waals surface area contributed by atoms with Crippen LogP contribution in [0.1, 0.15) is 5.56 Å². The lowest BCUT2D eigenvalue weighted by atomic mass is 10.2. The number of sulfonamides is 1. The molecule has 1 aliphatic heterocycles. The quantitative estimate of drug-likeness (QED) is 0.765. The van der Waals surface area contributed by atoms with Crippen molar-refractivity contribution >= 4 is 21.6 Å². The summed E-state index contributed by atoms with van der Waals surface area (Å²) in [6.45, 7) is 3.88. The molecule has 1 aliphatic rings. The number of carbonyl (C=O) groups excluding carboxylic acids is 1. The van der Waals surface area contributed by atoms with E-state index in [2.05, 4.69) is 4.90 Å². The van der Waals surface area contributed by atoms with E-state index in [0.29, 0.717) is 13.1 Å². The second-order valence-corrected chi connectivity index (χ2v) is 8.82. The van der Waals surface area contributed by atoms with Gasteiger partial charge in [-0.15, -0.1) is 0 Å². The summed E-state index contributed by atoms with van der Waals surface area (Å²) in [5.74, 6) is -1.03. The van der Waals surface area contributed by atoms with Crippen molar-refractivity contribution in [3.8, 4) is 0 Å². The van der Waals surface area contributed by atoms with Crippen molar-refractivity contribution in [3.63, 3.8) is 0 Å². The third-order valence-electron chi connectivity index (χ3n) is 4.86. The molecule has 28 heavy (non-hydrogen) atoms. The molecular weight excluding hydrogens is 381 g/mol. The molecule has 0 radical (unpaired) electrons. The number of likely N-dealkylation sites (N-methyl/N-ethyl adjacent to an activating group) is 1. The fourth-order valence-electron chi connectivity index (χ4n) is 3.07. The summed E-state index contributed by atoms with van der Waals surface area (Å²) in [5, 5.41) is 0. The van der Waals surface area contributed by atoms with Crippen LogP contribution in [-0.4, -0.2) is 63.9 Å². The molecule has 0 atom stereocenters. The van der Waals surface area contributed by atoms with Crippen molar-refractivity contribution in [3.05, 3.63) is 59.9 Å². The van der Waals surface area contributed by atoms with Crippen LogP contribution in [0.2, 0.25) is 0 Å². The lowest BCUT2D eigenvalue weighted by Gasteiger charge is -2.34. The molecule has 2 aromatic rings. The summed E-state index contributed by atoms with van der Waals surface area (Å²) in [7, 11) is -2.13. The van der Waals surface area contributed by atoms with Gasteiger partial charge in [0.05, 0.1) is 10.6 Å². The van der Waals surface area contributed by atoms with Crippen molar-refractivity contribution < 1.29 is 17.6 Å². The molecule has 2 aromatic carbocycles. The number of aryl methyl sites for hydroxylation is 1. The Morgan fingerprint density at radius 2 is 1.64 bits per heavy atom. The summed E-state index contributed by atoms with van der Waals surface area (Å²) < 4.78 is 41.8. The minimum atomic E-state index is -4.10. The van der Waals surface area contributed by atoms with Crippen LogP contribution in [0, 0.1) is 12.7 Å². The molecule has 0 aliphatic carbocycles. The van der Waals surface area contributed by atoms with E-state index in [4.69, 9.17) is 0 Å². The van der Waals surface area contributed by atoms with Crippen LogP contribution in [0.5, 0.6) is 0 Å². The number of nitrogens with zero attached hydrogens (tertiary/aromatic N) is 3. The fraction of sp³-hybridized carbons (Fsp3) is 0.350. The Morgan fingerprint density at radius 1 is 1.04 bits per heavy atom. The van der Waals surface area contributed by atoms with Crippen LogP contribution in [0.25, 0.3) is 0 Å². The highest BCUT2D eigenvalue weighted by molar-refractivity contribution is 7.92. The Morgan fingerprint density at radius 3 is 2.25 bits per heavy atom. The molecule has 8 heteroatoms. The first-order valence-electron chi connectivity index (χ1n) is 9.09. The van der Waals surface area contributed by atoms with Crippen LogP contribution in [0.3, 0.4) is 0 Å². The van der Waals surface area contributed by atoms with Crippen LogP contribution in [0.4, 0.5) is 10.1 Å². The van der Waals surface area contributed by atoms with Crippen LogP contribution >= 0.6 is 0 Å². The molecular formula is C20H24FN3O3S. The van der Waals surface area contributed by atoms with E-state index in [1.54, 1.807) is 23.1 Å². The number of rotatable bonds is 5. The zero-order valence-corrected chi connectivity index (χ0v) is 16.8. The number of amides is 1. The van der Waals surface area contributed by atoms with E-state index in [1.807, 2.05) is 14.0 Å². The van der Waals surface area contributed by atoms with Crippen molar-refractivity contribution in [1.29, 1.82) is 0 Å². The van der Waals surface area contributed by atoms with E-state index >= 15 is 0 Å². The molecule has 0 aromatic heterocycles. The van der Waals surface area contributed by atoms with E-state index in [-0.39, 0.29) is 16.5 Å². The van der Waals surface area contributed by atoms with Crippen molar-refractivity contribution in [2.45, 2.75) is 11.8 Å². The zero-order chi connectivity index (χ0) is 20.3. The number of para-hydroxylation sites is 1. The lowest BCUT2D eigenvalue weighted by molar-refractivity contribution is -0.131. The Kier molecular flexibility index (Phi) is 6.00. The molecule has 0 bridgehead atoms. The van der Waals surface area contributed by atoms with Crippen LogP contribution < -0.4 is 4.31 Å². The second-order valence-electron chi connectivity index (χ2n) is 6.96. The van der Waals surface area contributed by atoms with E-state index in [1.165, 1.54) is 30.3 Å². The predicted molar refractivity (Wildman–Crippen MR) is 106 cm³/mol. The zero-order valence-electron chi connectivity index (χ0n) is 16.0. The van der Waals surface area contributed by atoms with Gasteiger partial charge in [0.2, 0.25) is 5.91 Å². The number of benzene rings is 2. The highest BCUT2D eigenvalue weighted by Crippen LogP contribution is 2.26. The largest absolute Gasteiger partial charge is 0.339 e. The number of carbonyl (C=O) groups is 1. The first-order chi connectivity index (χ1) is 13.3. The molecule has 150 valence electrons. The van der Waals surface area contributed by atoms with Gasteiger partial charge in [-0.25, -0.2) is 12.8 Å². The maximum Gasteiger partial charge on any atom is 0.264 e. The Bertz CT molecular complexity index is 939. The molecule has 1 amide bonds. The first kappa shape index (κ1) is 20.3. The average Bonchev–Trinajstić information content (AvgIpc) is 2.67. The van der Waals surface area contributed by atoms with Gasteiger partial charge < -0.3 is 9.80 Å². The first-order valence-corrected chi connectivity index (χ1v) is 10.5. The summed E-state index contributed by atoms with van der Waals surface area (Å²) >= 11 is 0. The van der Waals surface area contributed by atoms with Crippen molar-refractivity contribution in [1.82, 2.24) is 9.80 Å². The molecule has 3 rings (SSSR count). The van der Waals surface area contributed by atoms with Gasteiger partial charge in [0.15, 0.2) is 0 Å². The molecule has 0 unspecified atom stereocenters. The van der Waals surface area contributed by atoms with Gasteiger partial charge in [-0.05, 0) is 38.2 Å². The highest BCUT2D eigenvalue weighted by atomic mass is 32.2. The monoisotopic (exact) mass is 405 g/mol. The highest BCUT2D eigenvalue weighted by Gasteiger charge is 2.31. The second kappa shape index (κ2) is 8.28. The van der Waals surface area contributed by atoms with Crippen LogP contribution in [-0.2, 0) is 14.8 Å². The number of hydrogen-bond donors (Lipinski definition) is 0. The smallest absolute Gasteiger partial charge is 0.264 e. The van der Waals surface area contributed by atoms with Crippen molar-refractivity contribution in [2.75, 3.05) is 44.1 Å².